The number of carboxylic acids is 1. The molecule has 2 N–H and O–H groups in total. The SMILES string of the molecule is O=C(O)Cc1nc(NC(=O)C(Oc2ccc(F)cc2F)c2ccc(S(=O)(=O)C3CC3)cc2)sc1F. The standard InChI is InChI=1S/C22H17F3N2O6S2/c23-12-3-8-17(15(24)9-12)33-19(11-1-4-13(5-2-11)35(31,32)14-6-7-14)21(30)27-22-26-16(10-18(28)29)20(25)34-22/h1-5,8-9,14,19H,6-7,10H2,(H,28,29)(H,26,27,30). The number of nitrogens with zero attached hydrogens (tertiary/aromatic N) is 1. The first-order valence-electron chi connectivity index (χ1n) is 10.2. The van der Waals surface area contributed by atoms with Crippen LogP contribution in [0.4, 0.5) is 18.3 Å². The molecule has 1 fully saturated rings. The van der Waals surface area contributed by atoms with Crippen LogP contribution < -0.4 is 10.1 Å². The Labute approximate surface area is 201 Å². The molecule has 2 aromatic carbocycles. The average Bonchev–Trinajstić information content (AvgIpc) is 3.59. The molecule has 13 heteroatoms. The quantitative estimate of drug-likeness (QED) is 0.434. The van der Waals surface area contributed by atoms with Crippen molar-refractivity contribution in [3.05, 3.63) is 70.5 Å². The highest BCUT2D eigenvalue weighted by Gasteiger charge is 2.37. The summed E-state index contributed by atoms with van der Waals surface area (Å²) in [5, 5.41) is 9.52. The van der Waals surface area contributed by atoms with E-state index in [1.54, 1.807) is 0 Å². The summed E-state index contributed by atoms with van der Waals surface area (Å²) in [6.45, 7) is 0. The van der Waals surface area contributed by atoms with Crippen LogP contribution in [0.3, 0.4) is 0 Å². The van der Waals surface area contributed by atoms with E-state index in [9.17, 15) is 31.2 Å². The van der Waals surface area contributed by atoms with E-state index in [0.29, 0.717) is 30.2 Å². The fourth-order valence-corrected chi connectivity index (χ4v) is 5.55. The maximum absolute atomic E-state index is 14.2. The smallest absolute Gasteiger partial charge is 0.309 e. The van der Waals surface area contributed by atoms with Crippen LogP contribution in [0.15, 0.2) is 47.4 Å². The third-order valence-corrected chi connectivity index (χ3v) is 8.13. The summed E-state index contributed by atoms with van der Waals surface area (Å²) in [4.78, 5) is 27.6. The minimum Gasteiger partial charge on any atom is -0.481 e. The maximum atomic E-state index is 14.2. The average molecular weight is 527 g/mol. The molecule has 1 amide bonds. The highest BCUT2D eigenvalue weighted by Crippen LogP contribution is 2.34. The van der Waals surface area contributed by atoms with Gasteiger partial charge in [0.2, 0.25) is 11.2 Å². The third kappa shape index (κ3) is 5.62. The molecule has 1 aliphatic rings. The van der Waals surface area contributed by atoms with Gasteiger partial charge in [-0.3, -0.25) is 14.9 Å². The highest BCUT2D eigenvalue weighted by atomic mass is 32.2. The minimum absolute atomic E-state index is 0.0520. The fraction of sp³-hybridized carbons (Fsp3) is 0.227. The lowest BCUT2D eigenvalue weighted by molar-refractivity contribution is -0.136. The summed E-state index contributed by atoms with van der Waals surface area (Å²) in [6.07, 6.45) is -1.13. The van der Waals surface area contributed by atoms with Gasteiger partial charge in [0.25, 0.3) is 5.91 Å². The number of anilines is 1. The maximum Gasteiger partial charge on any atom is 0.309 e. The number of benzene rings is 2. The summed E-state index contributed by atoms with van der Waals surface area (Å²) < 4.78 is 71.9. The Bertz CT molecular complexity index is 1390. The number of carbonyl (C=O) groups is 2. The molecule has 0 radical (unpaired) electrons. The number of hydrogen-bond donors (Lipinski definition) is 2. The molecule has 0 saturated heterocycles. The second kappa shape index (κ2) is 9.66. The van der Waals surface area contributed by atoms with Crippen molar-refractivity contribution in [2.45, 2.75) is 35.5 Å². The molecule has 1 aliphatic carbocycles. The summed E-state index contributed by atoms with van der Waals surface area (Å²) in [7, 11) is -3.50. The summed E-state index contributed by atoms with van der Waals surface area (Å²) in [5.41, 5.74) is -0.252. The van der Waals surface area contributed by atoms with Gasteiger partial charge in [0.1, 0.15) is 11.5 Å². The second-order valence-corrected chi connectivity index (χ2v) is 10.9. The van der Waals surface area contributed by atoms with Crippen molar-refractivity contribution in [2.24, 2.45) is 0 Å². The molecule has 0 bridgehead atoms. The number of amides is 1. The lowest BCUT2D eigenvalue weighted by atomic mass is 10.1. The van der Waals surface area contributed by atoms with Crippen molar-refractivity contribution in [2.75, 3.05) is 5.32 Å². The predicted octanol–water partition coefficient (Wildman–Crippen LogP) is 3.88. The van der Waals surface area contributed by atoms with E-state index in [1.807, 2.05) is 0 Å². The van der Waals surface area contributed by atoms with Crippen LogP contribution in [0, 0.1) is 16.8 Å². The number of ether oxygens (including phenoxy) is 1. The Hall–Kier alpha value is -3.45. The van der Waals surface area contributed by atoms with Crippen LogP contribution in [0.2, 0.25) is 0 Å². The molecule has 1 unspecified atom stereocenters. The number of carbonyl (C=O) groups excluding carboxylic acids is 1. The summed E-state index contributed by atoms with van der Waals surface area (Å²) in [5.74, 6) is -4.66. The molecule has 1 heterocycles. The van der Waals surface area contributed by atoms with Gasteiger partial charge in [0.15, 0.2) is 26.5 Å². The van der Waals surface area contributed by atoms with Crippen LogP contribution >= 0.6 is 11.3 Å². The Morgan fingerprint density at radius 2 is 1.83 bits per heavy atom. The van der Waals surface area contributed by atoms with Gasteiger partial charge >= 0.3 is 5.97 Å². The van der Waals surface area contributed by atoms with Gasteiger partial charge in [-0.05, 0) is 37.1 Å². The Morgan fingerprint density at radius 3 is 2.43 bits per heavy atom. The lowest BCUT2D eigenvalue weighted by Gasteiger charge is -2.19. The number of aromatic nitrogens is 1. The van der Waals surface area contributed by atoms with E-state index in [0.717, 1.165) is 12.1 Å². The second-order valence-electron chi connectivity index (χ2n) is 7.69. The van der Waals surface area contributed by atoms with Crippen LogP contribution in [0.5, 0.6) is 5.75 Å². The van der Waals surface area contributed by atoms with Gasteiger partial charge in [-0.2, -0.15) is 4.39 Å². The number of hydrogen-bond acceptors (Lipinski definition) is 7. The summed E-state index contributed by atoms with van der Waals surface area (Å²) >= 11 is 0.393. The van der Waals surface area contributed by atoms with Crippen LogP contribution in [-0.4, -0.2) is 35.6 Å². The first-order valence-corrected chi connectivity index (χ1v) is 12.5. The van der Waals surface area contributed by atoms with Crippen LogP contribution in [-0.2, 0) is 25.8 Å². The van der Waals surface area contributed by atoms with E-state index in [2.05, 4.69) is 10.3 Å². The number of rotatable bonds is 9. The number of thiazole rings is 1. The lowest BCUT2D eigenvalue weighted by Crippen LogP contribution is -2.26. The number of carboxylic acid groups (broad SMARTS) is 1. The molecule has 1 aromatic heterocycles. The molecule has 0 aliphatic heterocycles. The molecule has 1 atom stereocenters. The largest absolute Gasteiger partial charge is 0.481 e. The van der Waals surface area contributed by atoms with Gasteiger partial charge in [-0.15, -0.1) is 0 Å². The number of nitrogens with one attached hydrogen (secondary N) is 1. The van der Waals surface area contributed by atoms with E-state index >= 15 is 0 Å². The Balaban J connectivity index is 1.63. The van der Waals surface area contributed by atoms with Gasteiger partial charge < -0.3 is 9.84 Å². The van der Waals surface area contributed by atoms with Crippen molar-refractivity contribution >= 4 is 38.2 Å². The Morgan fingerprint density at radius 1 is 1.14 bits per heavy atom. The zero-order chi connectivity index (χ0) is 25.3. The Kier molecular flexibility index (Phi) is 6.81. The normalized spacial score (nSPS) is 14.4. The molecular formula is C22H17F3N2O6S2. The number of sulfone groups is 1. The minimum atomic E-state index is -3.50. The fourth-order valence-electron chi connectivity index (χ4n) is 3.18. The summed E-state index contributed by atoms with van der Waals surface area (Å²) in [6, 6.07) is 7.68. The zero-order valence-electron chi connectivity index (χ0n) is 17.7. The van der Waals surface area contributed by atoms with Crippen LogP contribution in [0.25, 0.3) is 0 Å². The molecule has 4 rings (SSSR count). The molecular weight excluding hydrogens is 509 g/mol. The number of aliphatic carboxylic acids is 1. The molecule has 3 aromatic rings. The monoisotopic (exact) mass is 526 g/mol. The molecule has 35 heavy (non-hydrogen) atoms. The predicted molar refractivity (Wildman–Crippen MR) is 118 cm³/mol. The number of halogens is 3. The topological polar surface area (TPSA) is 123 Å². The van der Waals surface area contributed by atoms with Gasteiger partial charge in [-0.1, -0.05) is 23.5 Å². The molecule has 184 valence electrons. The van der Waals surface area contributed by atoms with Crippen molar-refractivity contribution < 1.29 is 41.0 Å². The van der Waals surface area contributed by atoms with Crippen LogP contribution in [0.1, 0.15) is 30.2 Å². The van der Waals surface area contributed by atoms with E-state index in [4.69, 9.17) is 9.84 Å². The zero-order valence-corrected chi connectivity index (χ0v) is 19.3. The molecule has 1 saturated carbocycles. The highest BCUT2D eigenvalue weighted by molar-refractivity contribution is 7.92. The first-order chi connectivity index (χ1) is 16.5. The van der Waals surface area contributed by atoms with Crippen molar-refractivity contribution in [1.29, 1.82) is 0 Å². The molecule has 8 nitrogen and oxygen atoms in total. The van der Waals surface area contributed by atoms with E-state index in [1.165, 1.54) is 24.3 Å². The van der Waals surface area contributed by atoms with Crippen molar-refractivity contribution in [1.82, 2.24) is 4.98 Å². The van der Waals surface area contributed by atoms with Gasteiger partial charge in [0.05, 0.1) is 16.6 Å². The third-order valence-electron chi connectivity index (χ3n) is 5.05. The van der Waals surface area contributed by atoms with Gasteiger partial charge in [0, 0.05) is 11.6 Å². The van der Waals surface area contributed by atoms with Gasteiger partial charge in [-0.25, -0.2) is 22.2 Å². The first kappa shape index (κ1) is 24.7. The van der Waals surface area contributed by atoms with E-state index in [-0.39, 0.29) is 21.3 Å². The molecule has 0 spiro atoms. The van der Waals surface area contributed by atoms with Crippen molar-refractivity contribution in [3.63, 3.8) is 0 Å². The van der Waals surface area contributed by atoms with Crippen molar-refractivity contribution in [3.8, 4) is 5.75 Å². The van der Waals surface area contributed by atoms with E-state index < -0.39 is 62.0 Å².